The van der Waals surface area contributed by atoms with E-state index in [9.17, 15) is 18.0 Å². The number of hydrogen-bond acceptors (Lipinski definition) is 2. The highest BCUT2D eigenvalue weighted by atomic mass is 19.3. The number of carbonyl (C=O) groups is 1. The van der Waals surface area contributed by atoms with E-state index in [1.165, 1.54) is 6.92 Å². The van der Waals surface area contributed by atoms with Gasteiger partial charge in [0.1, 0.15) is 0 Å². The Bertz CT molecular complexity index is 165. The molecule has 0 aromatic carbocycles. The monoisotopic (exact) mass is 168 g/mol. The molecule has 0 aliphatic carbocycles. The summed E-state index contributed by atoms with van der Waals surface area (Å²) < 4.78 is 39.0. The second kappa shape index (κ2) is 4.76. The van der Waals surface area contributed by atoms with E-state index < -0.39 is 18.2 Å². The Balaban J connectivity index is 4.01. The van der Waals surface area contributed by atoms with E-state index >= 15 is 0 Å². The molecule has 0 aliphatic rings. The van der Waals surface area contributed by atoms with Crippen molar-refractivity contribution in [3.63, 3.8) is 0 Å². The zero-order valence-corrected chi connectivity index (χ0v) is 5.81. The Hall–Kier alpha value is -1.00. The van der Waals surface area contributed by atoms with Gasteiger partial charge in [-0.1, -0.05) is 0 Å². The van der Waals surface area contributed by atoms with Gasteiger partial charge in [-0.05, 0) is 6.92 Å². The number of allylic oxidation sites excluding steroid dienone is 1. The van der Waals surface area contributed by atoms with Crippen LogP contribution < -0.4 is 0 Å². The largest absolute Gasteiger partial charge is 0.461 e. The minimum absolute atomic E-state index is 0.0384. The number of rotatable bonds is 3. The molecular weight excluding hydrogens is 161 g/mol. The number of esters is 1. The molecule has 0 unspecified atom stereocenters. The number of halogens is 3. The molecule has 11 heavy (non-hydrogen) atoms. The third kappa shape index (κ3) is 4.41. The Kier molecular flexibility index (Phi) is 4.33. The van der Waals surface area contributed by atoms with Crippen LogP contribution in [0.3, 0.4) is 0 Å². The number of ether oxygens (including phenoxy) is 1. The van der Waals surface area contributed by atoms with Gasteiger partial charge in [0.2, 0.25) is 5.83 Å². The normalized spacial score (nSPS) is 11.9. The lowest BCUT2D eigenvalue weighted by molar-refractivity contribution is -0.140. The summed E-state index contributed by atoms with van der Waals surface area (Å²) in [4.78, 5) is 10.3. The van der Waals surface area contributed by atoms with Crippen molar-refractivity contribution in [2.45, 2.75) is 13.3 Å². The Morgan fingerprint density at radius 2 is 2.18 bits per heavy atom. The molecule has 0 aromatic rings. The lowest BCUT2D eigenvalue weighted by Crippen LogP contribution is -2.05. The van der Waals surface area contributed by atoms with E-state index in [0.717, 1.165) is 0 Å². The van der Waals surface area contributed by atoms with Crippen molar-refractivity contribution in [2.75, 3.05) is 6.61 Å². The first kappa shape index (κ1) is 10.0. The highest BCUT2D eigenvalue weighted by Gasteiger charge is 2.11. The predicted octanol–water partition coefficient (Wildman–Crippen LogP) is 1.67. The third-order valence-electron chi connectivity index (χ3n) is 0.743. The Labute approximate surface area is 61.6 Å². The second-order valence-corrected chi connectivity index (χ2v) is 1.57. The van der Waals surface area contributed by atoms with Crippen LogP contribution in [0.25, 0.3) is 0 Å². The molecule has 0 bridgehead atoms. The van der Waals surface area contributed by atoms with E-state index in [2.05, 4.69) is 4.74 Å². The van der Waals surface area contributed by atoms with E-state index in [1.807, 2.05) is 0 Å². The SMILES string of the molecule is CCOC(=O)/C(F)=C\C(F)F. The van der Waals surface area contributed by atoms with Gasteiger partial charge >= 0.3 is 5.97 Å². The minimum atomic E-state index is -2.97. The maximum absolute atomic E-state index is 12.1. The maximum Gasteiger partial charge on any atom is 0.367 e. The second-order valence-electron chi connectivity index (χ2n) is 1.57. The average Bonchev–Trinajstić information content (AvgIpc) is 1.86. The molecule has 0 aromatic heterocycles. The maximum atomic E-state index is 12.1. The summed E-state index contributed by atoms with van der Waals surface area (Å²) in [6.07, 6.45) is -3.07. The van der Waals surface area contributed by atoms with Gasteiger partial charge in [-0.3, -0.25) is 0 Å². The van der Waals surface area contributed by atoms with Crippen LogP contribution in [0.1, 0.15) is 6.92 Å². The number of alkyl halides is 2. The summed E-state index contributed by atoms with van der Waals surface area (Å²) >= 11 is 0. The molecule has 0 rings (SSSR count). The first-order chi connectivity index (χ1) is 5.07. The highest BCUT2D eigenvalue weighted by molar-refractivity contribution is 5.85. The molecule has 0 atom stereocenters. The zero-order valence-electron chi connectivity index (χ0n) is 5.81. The fourth-order valence-corrected chi connectivity index (χ4v) is 0.379. The van der Waals surface area contributed by atoms with Crippen LogP contribution in [0.15, 0.2) is 11.9 Å². The molecule has 0 spiro atoms. The topological polar surface area (TPSA) is 26.3 Å². The zero-order chi connectivity index (χ0) is 8.85. The fourth-order valence-electron chi connectivity index (χ4n) is 0.379. The molecule has 0 saturated carbocycles. The van der Waals surface area contributed by atoms with Crippen molar-refractivity contribution in [3.8, 4) is 0 Å². The number of hydrogen-bond donors (Lipinski definition) is 0. The summed E-state index contributed by atoms with van der Waals surface area (Å²) in [6, 6.07) is 0. The molecule has 0 heterocycles. The first-order valence-corrected chi connectivity index (χ1v) is 2.90. The van der Waals surface area contributed by atoms with Gasteiger partial charge in [0, 0.05) is 6.08 Å². The quantitative estimate of drug-likeness (QED) is 0.473. The van der Waals surface area contributed by atoms with Gasteiger partial charge in [0.15, 0.2) is 0 Å². The van der Waals surface area contributed by atoms with Crippen molar-refractivity contribution in [1.29, 1.82) is 0 Å². The molecule has 0 saturated heterocycles. The summed E-state index contributed by atoms with van der Waals surface area (Å²) in [7, 11) is 0. The Morgan fingerprint density at radius 3 is 2.55 bits per heavy atom. The van der Waals surface area contributed by atoms with Crippen molar-refractivity contribution in [3.05, 3.63) is 11.9 Å². The van der Waals surface area contributed by atoms with Gasteiger partial charge in [0.05, 0.1) is 6.61 Å². The van der Waals surface area contributed by atoms with Crippen molar-refractivity contribution < 1.29 is 22.7 Å². The van der Waals surface area contributed by atoms with E-state index in [-0.39, 0.29) is 12.7 Å². The van der Waals surface area contributed by atoms with E-state index in [4.69, 9.17) is 0 Å². The smallest absolute Gasteiger partial charge is 0.367 e. The van der Waals surface area contributed by atoms with Crippen molar-refractivity contribution in [1.82, 2.24) is 0 Å². The predicted molar refractivity (Wildman–Crippen MR) is 31.8 cm³/mol. The molecule has 0 aliphatic heterocycles. The summed E-state index contributed by atoms with van der Waals surface area (Å²) in [5.74, 6) is -2.91. The molecule has 2 nitrogen and oxygen atoms in total. The van der Waals surface area contributed by atoms with Crippen LogP contribution >= 0.6 is 0 Å². The van der Waals surface area contributed by atoms with Crippen molar-refractivity contribution >= 4 is 5.97 Å². The lowest BCUT2D eigenvalue weighted by Gasteiger charge is -1.97. The summed E-state index contributed by atoms with van der Waals surface area (Å²) in [5, 5.41) is 0. The van der Waals surface area contributed by atoms with Crippen LogP contribution in [-0.4, -0.2) is 19.0 Å². The first-order valence-electron chi connectivity index (χ1n) is 2.90. The number of carbonyl (C=O) groups excluding carboxylic acids is 1. The van der Waals surface area contributed by atoms with Gasteiger partial charge < -0.3 is 4.74 Å². The molecule has 0 amide bonds. The third-order valence-corrected chi connectivity index (χ3v) is 0.743. The molecule has 64 valence electrons. The Morgan fingerprint density at radius 1 is 1.64 bits per heavy atom. The molecule has 5 heteroatoms. The van der Waals surface area contributed by atoms with Crippen LogP contribution in [0.2, 0.25) is 0 Å². The van der Waals surface area contributed by atoms with Gasteiger partial charge in [-0.15, -0.1) is 0 Å². The minimum Gasteiger partial charge on any atom is -0.461 e. The molecule has 0 N–H and O–H groups in total. The van der Waals surface area contributed by atoms with Crippen molar-refractivity contribution in [2.24, 2.45) is 0 Å². The van der Waals surface area contributed by atoms with Gasteiger partial charge in [0.25, 0.3) is 6.43 Å². The van der Waals surface area contributed by atoms with Gasteiger partial charge in [-0.2, -0.15) is 4.39 Å². The fraction of sp³-hybridized carbons (Fsp3) is 0.500. The van der Waals surface area contributed by atoms with Crippen LogP contribution in [0.4, 0.5) is 13.2 Å². The molecule has 0 radical (unpaired) electrons. The van der Waals surface area contributed by atoms with Crippen LogP contribution in [-0.2, 0) is 9.53 Å². The lowest BCUT2D eigenvalue weighted by atomic mass is 10.5. The van der Waals surface area contributed by atoms with E-state index in [0.29, 0.717) is 0 Å². The van der Waals surface area contributed by atoms with Gasteiger partial charge in [-0.25, -0.2) is 13.6 Å². The summed E-state index contributed by atoms with van der Waals surface area (Å²) in [5.41, 5.74) is 0. The summed E-state index contributed by atoms with van der Waals surface area (Å²) in [6.45, 7) is 1.41. The molecular formula is C6H7F3O2. The highest BCUT2D eigenvalue weighted by Crippen LogP contribution is 2.04. The van der Waals surface area contributed by atoms with Crippen LogP contribution in [0.5, 0.6) is 0 Å². The molecule has 0 fully saturated rings. The van der Waals surface area contributed by atoms with Crippen LogP contribution in [0, 0.1) is 0 Å². The van der Waals surface area contributed by atoms with E-state index in [1.54, 1.807) is 0 Å². The standard InChI is InChI=1S/C6H7F3O2/c1-2-11-6(10)4(7)3-5(8)9/h3,5H,2H2,1H3/b4-3+. The average molecular weight is 168 g/mol.